The molecule has 166 valence electrons. The molecule has 5 amide bonds. The molecule has 0 heterocycles. The van der Waals surface area contributed by atoms with Crippen LogP contribution in [-0.4, -0.2) is 29.0 Å². The molecule has 0 saturated heterocycles. The van der Waals surface area contributed by atoms with Crippen molar-refractivity contribution in [2.75, 3.05) is 5.32 Å². The third-order valence-electron chi connectivity index (χ3n) is 4.72. The zero-order chi connectivity index (χ0) is 22.9. The average Bonchev–Trinajstić information content (AvgIpc) is 2.72. The normalized spacial score (nSPS) is 12.5. The number of benzene rings is 2. The highest BCUT2D eigenvalue weighted by Crippen LogP contribution is 2.23. The largest absolute Gasteiger partial charge is 0.343 e. The minimum Gasteiger partial charge on any atom is -0.331 e. The van der Waals surface area contributed by atoms with Crippen molar-refractivity contribution < 1.29 is 14.4 Å². The van der Waals surface area contributed by atoms with E-state index in [0.29, 0.717) is 23.0 Å². The van der Waals surface area contributed by atoms with Crippen molar-refractivity contribution in [3.63, 3.8) is 0 Å². The highest BCUT2D eigenvalue weighted by atomic mass is 79.9. The summed E-state index contributed by atoms with van der Waals surface area (Å²) in [4.78, 5) is 36.4. The standard InChI is InChI=1S/C23H29BrN4O3/c1-17(2)15-23(3,14-13-18-7-5-4-6-8-18)26-22(31)28(16-29)27-21(30)25-20-11-9-19(24)10-12-20/h4-12,16-17H,13-15H2,1-3H3,(H,26,31)(H2,25,27,30). The fourth-order valence-electron chi connectivity index (χ4n) is 3.43. The van der Waals surface area contributed by atoms with Crippen molar-refractivity contribution in [2.45, 2.75) is 45.6 Å². The third-order valence-corrected chi connectivity index (χ3v) is 5.25. The number of aryl methyl sites for hydroxylation is 1. The van der Waals surface area contributed by atoms with E-state index in [4.69, 9.17) is 0 Å². The molecule has 31 heavy (non-hydrogen) atoms. The number of nitrogens with zero attached hydrogens (tertiary/aromatic N) is 1. The molecule has 0 aliphatic heterocycles. The molecule has 0 bridgehead atoms. The van der Waals surface area contributed by atoms with Crippen molar-refractivity contribution in [3.8, 4) is 0 Å². The Morgan fingerprint density at radius 1 is 1.10 bits per heavy atom. The average molecular weight is 489 g/mol. The van der Waals surface area contributed by atoms with Crippen LogP contribution in [0.5, 0.6) is 0 Å². The molecule has 0 aliphatic carbocycles. The van der Waals surface area contributed by atoms with Crippen LogP contribution in [0.1, 0.15) is 39.2 Å². The van der Waals surface area contributed by atoms with E-state index in [1.165, 1.54) is 5.56 Å². The van der Waals surface area contributed by atoms with Crippen LogP contribution >= 0.6 is 15.9 Å². The van der Waals surface area contributed by atoms with Crippen LogP contribution in [0.3, 0.4) is 0 Å². The second kappa shape index (κ2) is 11.5. The van der Waals surface area contributed by atoms with Gasteiger partial charge < -0.3 is 10.6 Å². The molecular formula is C23H29BrN4O3. The van der Waals surface area contributed by atoms with Gasteiger partial charge >= 0.3 is 12.1 Å². The predicted molar refractivity (Wildman–Crippen MR) is 125 cm³/mol. The molecule has 0 fully saturated rings. The second-order valence-corrected chi connectivity index (χ2v) is 9.04. The van der Waals surface area contributed by atoms with Crippen molar-refractivity contribution in [1.29, 1.82) is 0 Å². The molecule has 0 aromatic heterocycles. The van der Waals surface area contributed by atoms with Gasteiger partial charge in [-0.3, -0.25) is 4.79 Å². The van der Waals surface area contributed by atoms with Gasteiger partial charge in [0.1, 0.15) is 0 Å². The Bertz CT molecular complexity index is 874. The Labute approximate surface area is 191 Å². The minimum atomic E-state index is -0.695. The molecule has 2 aromatic rings. The lowest BCUT2D eigenvalue weighted by Gasteiger charge is -2.34. The summed E-state index contributed by atoms with van der Waals surface area (Å²) in [5, 5.41) is 6.13. The number of halogens is 1. The lowest BCUT2D eigenvalue weighted by molar-refractivity contribution is -0.117. The van der Waals surface area contributed by atoms with Gasteiger partial charge in [0.25, 0.3) is 0 Å². The fraction of sp³-hybridized carbons (Fsp3) is 0.348. The van der Waals surface area contributed by atoms with Crippen LogP contribution in [0.15, 0.2) is 59.1 Å². The maximum absolute atomic E-state index is 12.8. The minimum absolute atomic E-state index is 0.281. The van der Waals surface area contributed by atoms with Crippen LogP contribution in [0.4, 0.5) is 15.3 Å². The molecule has 1 unspecified atom stereocenters. The van der Waals surface area contributed by atoms with Crippen molar-refractivity contribution >= 4 is 40.1 Å². The molecule has 8 heteroatoms. The number of amides is 5. The van der Waals surface area contributed by atoms with Gasteiger partial charge in [0.2, 0.25) is 6.41 Å². The zero-order valence-electron chi connectivity index (χ0n) is 18.0. The zero-order valence-corrected chi connectivity index (χ0v) is 19.6. The number of hydrogen-bond donors (Lipinski definition) is 3. The monoisotopic (exact) mass is 488 g/mol. The molecule has 0 radical (unpaired) electrons. The molecule has 1 atom stereocenters. The smallest absolute Gasteiger partial charge is 0.331 e. The van der Waals surface area contributed by atoms with E-state index in [1.54, 1.807) is 24.3 Å². The second-order valence-electron chi connectivity index (χ2n) is 8.12. The summed E-state index contributed by atoms with van der Waals surface area (Å²) in [6.45, 7) is 6.11. The topological polar surface area (TPSA) is 90.5 Å². The fourth-order valence-corrected chi connectivity index (χ4v) is 3.69. The number of anilines is 1. The highest BCUT2D eigenvalue weighted by molar-refractivity contribution is 9.10. The van der Waals surface area contributed by atoms with Crippen molar-refractivity contribution in [3.05, 3.63) is 64.6 Å². The lowest BCUT2D eigenvalue weighted by atomic mass is 9.85. The number of carbonyl (C=O) groups excluding carboxylic acids is 3. The molecule has 0 aliphatic rings. The SMILES string of the molecule is CC(C)CC(C)(CCc1ccccc1)NC(=O)N(C=O)NC(=O)Nc1ccc(Br)cc1. The van der Waals surface area contributed by atoms with E-state index in [-0.39, 0.29) is 6.41 Å². The first-order chi connectivity index (χ1) is 14.7. The molecule has 3 N–H and O–H groups in total. The van der Waals surface area contributed by atoms with Gasteiger partial charge in [-0.25, -0.2) is 15.0 Å². The number of nitrogens with one attached hydrogen (secondary N) is 3. The van der Waals surface area contributed by atoms with E-state index in [0.717, 1.165) is 17.3 Å². The Kier molecular flexibility index (Phi) is 9.05. The predicted octanol–water partition coefficient (Wildman–Crippen LogP) is 5.09. The van der Waals surface area contributed by atoms with E-state index < -0.39 is 17.6 Å². The number of urea groups is 2. The summed E-state index contributed by atoms with van der Waals surface area (Å²) in [5.41, 5.74) is 3.42. The number of carbonyl (C=O) groups is 3. The van der Waals surface area contributed by atoms with Gasteiger partial charge in [0.15, 0.2) is 0 Å². The van der Waals surface area contributed by atoms with Gasteiger partial charge in [-0.2, -0.15) is 5.01 Å². The summed E-state index contributed by atoms with van der Waals surface area (Å²) < 4.78 is 0.868. The first-order valence-electron chi connectivity index (χ1n) is 10.1. The molecular weight excluding hydrogens is 460 g/mol. The molecule has 2 rings (SSSR count). The lowest BCUT2D eigenvalue weighted by Crippen LogP contribution is -2.57. The summed E-state index contributed by atoms with van der Waals surface area (Å²) in [7, 11) is 0. The molecule has 2 aromatic carbocycles. The third kappa shape index (κ3) is 8.41. The van der Waals surface area contributed by atoms with Crippen LogP contribution in [0, 0.1) is 5.92 Å². The molecule has 7 nitrogen and oxygen atoms in total. The Morgan fingerprint density at radius 2 is 1.74 bits per heavy atom. The van der Waals surface area contributed by atoms with E-state index >= 15 is 0 Å². The maximum atomic E-state index is 12.8. The van der Waals surface area contributed by atoms with Gasteiger partial charge in [-0.1, -0.05) is 60.1 Å². The summed E-state index contributed by atoms with van der Waals surface area (Å²) in [5.74, 6) is 0.333. The quantitative estimate of drug-likeness (QED) is 0.356. The summed E-state index contributed by atoms with van der Waals surface area (Å²) in [6.07, 6.45) is 2.48. The van der Waals surface area contributed by atoms with E-state index in [1.807, 2.05) is 37.3 Å². The molecule has 0 saturated carbocycles. The van der Waals surface area contributed by atoms with Crippen molar-refractivity contribution in [2.24, 2.45) is 5.92 Å². The number of rotatable bonds is 8. The summed E-state index contributed by atoms with van der Waals surface area (Å²) in [6, 6.07) is 15.6. The van der Waals surface area contributed by atoms with Gasteiger partial charge in [0, 0.05) is 15.7 Å². The van der Waals surface area contributed by atoms with Crippen molar-refractivity contribution in [1.82, 2.24) is 15.8 Å². The van der Waals surface area contributed by atoms with Crippen LogP contribution < -0.4 is 16.1 Å². The van der Waals surface area contributed by atoms with Crippen LogP contribution in [0.25, 0.3) is 0 Å². The number of imide groups is 1. The Balaban J connectivity index is 2.00. The highest BCUT2D eigenvalue weighted by Gasteiger charge is 2.30. The van der Waals surface area contributed by atoms with Gasteiger partial charge in [-0.05, 0) is 61.9 Å². The number of hydrogen-bond acceptors (Lipinski definition) is 3. The Hall–Kier alpha value is -2.87. The summed E-state index contributed by atoms with van der Waals surface area (Å²) >= 11 is 3.32. The number of hydrazine groups is 1. The first kappa shape index (κ1) is 24.4. The maximum Gasteiger partial charge on any atom is 0.343 e. The first-order valence-corrected chi connectivity index (χ1v) is 10.9. The van der Waals surface area contributed by atoms with Crippen LogP contribution in [-0.2, 0) is 11.2 Å². The van der Waals surface area contributed by atoms with E-state index in [2.05, 4.69) is 45.8 Å². The van der Waals surface area contributed by atoms with Gasteiger partial charge in [-0.15, -0.1) is 0 Å². The van der Waals surface area contributed by atoms with Crippen LogP contribution in [0.2, 0.25) is 0 Å². The van der Waals surface area contributed by atoms with E-state index in [9.17, 15) is 14.4 Å². The van der Waals surface area contributed by atoms with Gasteiger partial charge in [0.05, 0.1) is 0 Å². The molecule has 0 spiro atoms. The Morgan fingerprint density at radius 3 is 2.32 bits per heavy atom.